The zero-order chi connectivity index (χ0) is 16.9. The van der Waals surface area contributed by atoms with Crippen molar-refractivity contribution in [1.29, 1.82) is 0 Å². The highest BCUT2D eigenvalue weighted by atomic mass is 32.2. The molecule has 0 aliphatic carbocycles. The number of carbonyl (C=O) groups excluding carboxylic acids is 1. The van der Waals surface area contributed by atoms with Crippen LogP contribution in [0, 0.1) is 0 Å². The molecule has 0 unspecified atom stereocenters. The zero-order valence-corrected chi connectivity index (χ0v) is 13.3. The van der Waals surface area contributed by atoms with E-state index in [2.05, 4.69) is 0 Å². The average molecular weight is 335 g/mol. The molecule has 3 N–H and O–H groups in total. The second-order valence-corrected chi connectivity index (χ2v) is 6.65. The van der Waals surface area contributed by atoms with Gasteiger partial charge in [-0.3, -0.25) is 14.5 Å². The Kier molecular flexibility index (Phi) is 5.20. The number of hydrogen-bond donors (Lipinski definition) is 2. The Morgan fingerprint density at radius 1 is 1.09 bits per heavy atom. The minimum absolute atomic E-state index is 0.344. The van der Waals surface area contributed by atoms with Crippen molar-refractivity contribution in [2.45, 2.75) is 0 Å². The molecule has 0 heterocycles. The first kappa shape index (κ1) is 16.8. The predicted octanol–water partition coefficient (Wildman–Crippen LogP) is 1.23. The summed E-state index contributed by atoms with van der Waals surface area (Å²) >= 11 is 0. The van der Waals surface area contributed by atoms with E-state index in [-0.39, 0.29) is 0 Å². The number of amides is 1. The highest BCUT2D eigenvalue weighted by Gasteiger charge is 2.20. The molecule has 0 fully saturated rings. The molecule has 0 saturated carbocycles. The van der Waals surface area contributed by atoms with Crippen molar-refractivity contribution in [2.24, 2.45) is 5.84 Å². The number of sulfonamides is 1. The van der Waals surface area contributed by atoms with E-state index in [4.69, 9.17) is 10.6 Å². The number of nitrogens with zero attached hydrogens (tertiary/aromatic N) is 1. The number of carbonyl (C=O) groups is 1. The summed E-state index contributed by atoms with van der Waals surface area (Å²) < 4.78 is 30.3. The highest BCUT2D eigenvalue weighted by molar-refractivity contribution is 7.92. The van der Waals surface area contributed by atoms with Crippen LogP contribution in [0.1, 0.15) is 0 Å². The fraction of sp³-hybridized carbons (Fsp3) is 0.133. The molecule has 122 valence electrons. The molecule has 0 aliphatic heterocycles. The van der Waals surface area contributed by atoms with Crippen LogP contribution in [0.3, 0.4) is 0 Å². The molecule has 0 bridgehead atoms. The van der Waals surface area contributed by atoms with Crippen molar-refractivity contribution in [1.82, 2.24) is 5.43 Å². The molecule has 0 aliphatic rings. The van der Waals surface area contributed by atoms with E-state index in [0.29, 0.717) is 17.2 Å². The summed E-state index contributed by atoms with van der Waals surface area (Å²) in [6.45, 7) is -0.395. The summed E-state index contributed by atoms with van der Waals surface area (Å²) in [7, 11) is -3.62. The molecule has 8 heteroatoms. The van der Waals surface area contributed by atoms with Gasteiger partial charge in [-0.05, 0) is 36.4 Å². The van der Waals surface area contributed by atoms with Crippen molar-refractivity contribution in [3.8, 4) is 11.5 Å². The monoisotopic (exact) mass is 335 g/mol. The van der Waals surface area contributed by atoms with Gasteiger partial charge < -0.3 is 4.74 Å². The Hall–Kier alpha value is -2.58. The van der Waals surface area contributed by atoms with Gasteiger partial charge in [-0.2, -0.15) is 0 Å². The molecule has 2 aromatic carbocycles. The first-order valence-corrected chi connectivity index (χ1v) is 8.55. The summed E-state index contributed by atoms with van der Waals surface area (Å²) in [4.78, 5) is 11.4. The standard InChI is InChI=1S/C15H17N3O4S/c1-23(20,21)18(11-15(19)17-16)12-7-9-14(10-8-12)22-13-5-3-2-4-6-13/h2-10H,11,16H2,1H3,(H,17,19). The molecule has 0 saturated heterocycles. The molecule has 0 spiro atoms. The number of ether oxygens (including phenoxy) is 1. The van der Waals surface area contributed by atoms with E-state index in [0.717, 1.165) is 10.6 Å². The number of nitrogens with one attached hydrogen (secondary N) is 1. The molecular weight excluding hydrogens is 318 g/mol. The first-order chi connectivity index (χ1) is 10.9. The van der Waals surface area contributed by atoms with Crippen LogP contribution in [0.5, 0.6) is 11.5 Å². The Morgan fingerprint density at radius 3 is 2.17 bits per heavy atom. The summed E-state index contributed by atoms with van der Waals surface area (Å²) in [6.07, 6.45) is 1.02. The van der Waals surface area contributed by atoms with Gasteiger partial charge in [0.15, 0.2) is 0 Å². The van der Waals surface area contributed by atoms with Crippen molar-refractivity contribution in [3.05, 3.63) is 54.6 Å². The van der Waals surface area contributed by atoms with Gasteiger partial charge in [0.2, 0.25) is 10.0 Å². The molecule has 23 heavy (non-hydrogen) atoms. The third-order valence-corrected chi connectivity index (χ3v) is 4.09. The van der Waals surface area contributed by atoms with Crippen LogP contribution in [-0.2, 0) is 14.8 Å². The maximum atomic E-state index is 11.8. The van der Waals surface area contributed by atoms with Gasteiger partial charge in [0.25, 0.3) is 5.91 Å². The van der Waals surface area contributed by atoms with Gasteiger partial charge in [0, 0.05) is 0 Å². The Bertz CT molecular complexity index is 761. The average Bonchev–Trinajstić information content (AvgIpc) is 2.53. The van der Waals surface area contributed by atoms with Crippen LogP contribution >= 0.6 is 0 Å². The topological polar surface area (TPSA) is 102 Å². The van der Waals surface area contributed by atoms with Gasteiger partial charge in [-0.1, -0.05) is 18.2 Å². The molecule has 0 atom stereocenters. The second kappa shape index (κ2) is 7.12. The summed E-state index contributed by atoms with van der Waals surface area (Å²) in [6, 6.07) is 15.6. The Balaban J connectivity index is 2.20. The Morgan fingerprint density at radius 2 is 1.65 bits per heavy atom. The minimum atomic E-state index is -3.62. The molecule has 2 aromatic rings. The van der Waals surface area contributed by atoms with E-state index >= 15 is 0 Å². The number of anilines is 1. The van der Waals surface area contributed by atoms with Crippen molar-refractivity contribution < 1.29 is 17.9 Å². The zero-order valence-electron chi connectivity index (χ0n) is 12.5. The van der Waals surface area contributed by atoms with E-state index in [1.165, 1.54) is 0 Å². The number of para-hydroxylation sites is 1. The molecule has 1 amide bonds. The quantitative estimate of drug-likeness (QED) is 0.470. The summed E-state index contributed by atoms with van der Waals surface area (Å²) in [5.41, 5.74) is 2.26. The van der Waals surface area contributed by atoms with Crippen LogP contribution in [-0.4, -0.2) is 27.1 Å². The lowest BCUT2D eigenvalue weighted by atomic mass is 10.3. The fourth-order valence-electron chi connectivity index (χ4n) is 1.88. The van der Waals surface area contributed by atoms with Gasteiger partial charge in [0.05, 0.1) is 11.9 Å². The third kappa shape index (κ3) is 4.70. The largest absolute Gasteiger partial charge is 0.457 e. The normalized spacial score (nSPS) is 10.9. The number of hydrogen-bond acceptors (Lipinski definition) is 5. The molecule has 7 nitrogen and oxygen atoms in total. The lowest BCUT2D eigenvalue weighted by Gasteiger charge is -2.21. The highest BCUT2D eigenvalue weighted by Crippen LogP contribution is 2.25. The van der Waals surface area contributed by atoms with Gasteiger partial charge in [-0.25, -0.2) is 14.3 Å². The maximum absolute atomic E-state index is 11.8. The smallest absolute Gasteiger partial charge is 0.254 e. The summed E-state index contributed by atoms with van der Waals surface area (Å²) in [5.74, 6) is 5.62. The van der Waals surface area contributed by atoms with E-state index in [9.17, 15) is 13.2 Å². The third-order valence-electron chi connectivity index (χ3n) is 2.95. The van der Waals surface area contributed by atoms with Crippen molar-refractivity contribution >= 4 is 21.6 Å². The predicted molar refractivity (Wildman–Crippen MR) is 87.5 cm³/mol. The fourth-order valence-corrected chi connectivity index (χ4v) is 2.74. The van der Waals surface area contributed by atoms with Crippen LogP contribution in [0.4, 0.5) is 5.69 Å². The molecule has 0 radical (unpaired) electrons. The van der Waals surface area contributed by atoms with Crippen LogP contribution < -0.4 is 20.3 Å². The molecule has 2 rings (SSSR count). The van der Waals surface area contributed by atoms with E-state index < -0.39 is 22.5 Å². The van der Waals surface area contributed by atoms with Crippen LogP contribution in [0.2, 0.25) is 0 Å². The van der Waals surface area contributed by atoms with E-state index in [1.54, 1.807) is 24.3 Å². The Labute approximate surface area is 134 Å². The SMILES string of the molecule is CS(=O)(=O)N(CC(=O)NN)c1ccc(Oc2ccccc2)cc1. The maximum Gasteiger partial charge on any atom is 0.254 e. The molecule has 0 aromatic heterocycles. The first-order valence-electron chi connectivity index (χ1n) is 6.70. The number of nitrogens with two attached hydrogens (primary N) is 1. The lowest BCUT2D eigenvalue weighted by Crippen LogP contribution is -2.42. The number of benzene rings is 2. The second-order valence-electron chi connectivity index (χ2n) is 4.75. The van der Waals surface area contributed by atoms with Crippen LogP contribution in [0.15, 0.2) is 54.6 Å². The van der Waals surface area contributed by atoms with Crippen LogP contribution in [0.25, 0.3) is 0 Å². The van der Waals surface area contributed by atoms with Gasteiger partial charge >= 0.3 is 0 Å². The summed E-state index contributed by atoms with van der Waals surface area (Å²) in [5, 5.41) is 0. The van der Waals surface area contributed by atoms with Gasteiger partial charge in [-0.15, -0.1) is 0 Å². The molecular formula is C15H17N3O4S. The van der Waals surface area contributed by atoms with E-state index in [1.807, 2.05) is 35.8 Å². The number of rotatable bonds is 6. The minimum Gasteiger partial charge on any atom is -0.457 e. The number of hydrazine groups is 1. The van der Waals surface area contributed by atoms with Crippen molar-refractivity contribution in [2.75, 3.05) is 17.1 Å². The van der Waals surface area contributed by atoms with Gasteiger partial charge in [0.1, 0.15) is 18.0 Å². The lowest BCUT2D eigenvalue weighted by molar-refractivity contribution is -0.119. The van der Waals surface area contributed by atoms with Crippen molar-refractivity contribution in [3.63, 3.8) is 0 Å².